The molecule has 0 fully saturated rings. The minimum Gasteiger partial charge on any atom is -0.363 e. The second-order valence-electron chi connectivity index (χ2n) is 6.32. The summed E-state index contributed by atoms with van der Waals surface area (Å²) in [6, 6.07) is 8.87. The summed E-state index contributed by atoms with van der Waals surface area (Å²) in [5.41, 5.74) is 1.37. The van der Waals surface area contributed by atoms with Crippen molar-refractivity contribution in [1.29, 1.82) is 0 Å². The number of likely N-dealkylation sites (N-methyl/N-ethyl adjacent to an activating group) is 1. The zero-order chi connectivity index (χ0) is 20.2. The van der Waals surface area contributed by atoms with Gasteiger partial charge in [0.2, 0.25) is 15.9 Å². The van der Waals surface area contributed by atoms with E-state index in [1.165, 1.54) is 7.05 Å². The molecule has 1 aromatic heterocycles. The summed E-state index contributed by atoms with van der Waals surface area (Å²) in [5.74, 6) is 1.70. The molecule has 0 unspecified atom stereocenters. The topological polar surface area (TPSA) is 108 Å². The fourth-order valence-corrected chi connectivity index (χ4v) is 2.50. The van der Waals surface area contributed by atoms with E-state index in [1.807, 2.05) is 32.0 Å². The Bertz CT molecular complexity index is 913. The molecule has 0 radical (unpaired) electrons. The molecule has 1 amide bonds. The Labute approximate surface area is 159 Å². The van der Waals surface area contributed by atoms with Gasteiger partial charge in [-0.25, -0.2) is 18.4 Å². The van der Waals surface area contributed by atoms with E-state index >= 15 is 0 Å². The van der Waals surface area contributed by atoms with E-state index in [0.29, 0.717) is 17.3 Å². The van der Waals surface area contributed by atoms with Gasteiger partial charge in [0.15, 0.2) is 0 Å². The van der Waals surface area contributed by atoms with Crippen LogP contribution >= 0.6 is 0 Å². The van der Waals surface area contributed by atoms with Gasteiger partial charge in [0.1, 0.15) is 17.5 Å². The third kappa shape index (κ3) is 6.19. The number of hydrogen-bond donors (Lipinski definition) is 2. The molecule has 2 rings (SSSR count). The number of aromatic nitrogens is 2. The molecule has 2 N–H and O–H groups in total. The van der Waals surface area contributed by atoms with Crippen LogP contribution in [0.25, 0.3) is 0 Å². The standard InChI is InChI=1S/C17H24N6O3S/c1-12-18-15(10-16(19-12)22(2)3)20-13-6-8-14(9-7-13)21-17(24)11-23(4)27(5,25)26/h6-10H,11H2,1-5H3,(H,21,24)(H,18,19,20). The minimum absolute atomic E-state index is 0.244. The van der Waals surface area contributed by atoms with Gasteiger partial charge in [-0.05, 0) is 31.2 Å². The molecule has 0 spiro atoms. The number of aryl methyl sites for hydroxylation is 1. The highest BCUT2D eigenvalue weighted by Gasteiger charge is 2.15. The minimum atomic E-state index is -3.40. The van der Waals surface area contributed by atoms with E-state index < -0.39 is 15.9 Å². The van der Waals surface area contributed by atoms with Crippen LogP contribution in [0.5, 0.6) is 0 Å². The van der Waals surface area contributed by atoms with Crippen LogP contribution in [0.4, 0.5) is 23.0 Å². The number of carbonyl (C=O) groups excluding carboxylic acids is 1. The number of nitrogens with one attached hydrogen (secondary N) is 2. The van der Waals surface area contributed by atoms with Gasteiger partial charge < -0.3 is 15.5 Å². The largest absolute Gasteiger partial charge is 0.363 e. The lowest BCUT2D eigenvalue weighted by Crippen LogP contribution is -2.34. The third-order valence-corrected chi connectivity index (χ3v) is 4.92. The lowest BCUT2D eigenvalue weighted by Gasteiger charge is -2.15. The van der Waals surface area contributed by atoms with Gasteiger partial charge in [-0.3, -0.25) is 4.79 Å². The Morgan fingerprint density at radius 3 is 2.22 bits per heavy atom. The number of rotatable bonds is 7. The van der Waals surface area contributed by atoms with Crippen molar-refractivity contribution in [1.82, 2.24) is 14.3 Å². The number of sulfonamides is 1. The van der Waals surface area contributed by atoms with Crippen LogP contribution in [0.15, 0.2) is 30.3 Å². The maximum absolute atomic E-state index is 11.9. The molecule has 0 aliphatic rings. The summed E-state index contributed by atoms with van der Waals surface area (Å²) in [5, 5.41) is 5.86. The first-order valence-corrected chi connectivity index (χ1v) is 10.0. The SMILES string of the molecule is Cc1nc(Nc2ccc(NC(=O)CN(C)S(C)(=O)=O)cc2)cc(N(C)C)n1. The summed E-state index contributed by atoms with van der Waals surface area (Å²) < 4.78 is 23.7. The van der Waals surface area contributed by atoms with Crippen LogP contribution in [0.2, 0.25) is 0 Å². The van der Waals surface area contributed by atoms with Gasteiger partial charge in [0.05, 0.1) is 12.8 Å². The van der Waals surface area contributed by atoms with Crippen LogP contribution in [0.3, 0.4) is 0 Å². The van der Waals surface area contributed by atoms with Crippen molar-refractivity contribution in [2.45, 2.75) is 6.92 Å². The number of nitrogens with zero attached hydrogens (tertiary/aromatic N) is 4. The highest BCUT2D eigenvalue weighted by molar-refractivity contribution is 7.88. The molecule has 1 heterocycles. The van der Waals surface area contributed by atoms with Gasteiger partial charge >= 0.3 is 0 Å². The van der Waals surface area contributed by atoms with E-state index in [1.54, 1.807) is 24.3 Å². The first-order chi connectivity index (χ1) is 12.5. The number of benzene rings is 1. The Morgan fingerprint density at radius 2 is 1.67 bits per heavy atom. The molecular formula is C17H24N6O3S. The monoisotopic (exact) mass is 392 g/mol. The molecule has 9 nitrogen and oxygen atoms in total. The predicted octanol–water partition coefficient (Wildman–Crippen LogP) is 1.42. The molecule has 0 saturated carbocycles. The molecule has 0 atom stereocenters. The normalized spacial score (nSPS) is 11.3. The third-order valence-electron chi connectivity index (χ3n) is 3.66. The van der Waals surface area contributed by atoms with Crippen LogP contribution < -0.4 is 15.5 Å². The van der Waals surface area contributed by atoms with E-state index in [-0.39, 0.29) is 6.54 Å². The summed E-state index contributed by atoms with van der Waals surface area (Å²) in [6.07, 6.45) is 1.05. The highest BCUT2D eigenvalue weighted by Crippen LogP contribution is 2.20. The van der Waals surface area contributed by atoms with Crippen molar-refractivity contribution >= 4 is 38.9 Å². The van der Waals surface area contributed by atoms with Gasteiger partial charge in [-0.1, -0.05) is 0 Å². The van der Waals surface area contributed by atoms with Crippen LogP contribution in [0, 0.1) is 6.92 Å². The number of carbonyl (C=O) groups is 1. The number of anilines is 4. The predicted molar refractivity (Wildman–Crippen MR) is 107 cm³/mol. The molecule has 10 heteroatoms. The first kappa shape index (κ1) is 20.6. The van der Waals surface area contributed by atoms with E-state index in [9.17, 15) is 13.2 Å². The van der Waals surface area contributed by atoms with Crippen molar-refractivity contribution in [2.24, 2.45) is 0 Å². The Balaban J connectivity index is 2.02. The second-order valence-corrected chi connectivity index (χ2v) is 8.41. The van der Waals surface area contributed by atoms with Crippen molar-refractivity contribution in [3.63, 3.8) is 0 Å². The number of amides is 1. The maximum atomic E-state index is 11.9. The zero-order valence-corrected chi connectivity index (χ0v) is 16.8. The molecule has 0 aliphatic carbocycles. The molecular weight excluding hydrogens is 368 g/mol. The van der Waals surface area contributed by atoms with Crippen molar-refractivity contribution in [3.8, 4) is 0 Å². The van der Waals surface area contributed by atoms with E-state index in [4.69, 9.17) is 0 Å². The molecule has 2 aromatic rings. The summed E-state index contributed by atoms with van der Waals surface area (Å²) in [7, 11) is 1.77. The van der Waals surface area contributed by atoms with Crippen molar-refractivity contribution in [2.75, 3.05) is 49.5 Å². The highest BCUT2D eigenvalue weighted by atomic mass is 32.2. The van der Waals surface area contributed by atoms with Gasteiger partial charge in [0.25, 0.3) is 0 Å². The fraction of sp³-hybridized carbons (Fsp3) is 0.353. The molecule has 146 valence electrons. The average Bonchev–Trinajstić information content (AvgIpc) is 2.55. The first-order valence-electron chi connectivity index (χ1n) is 8.16. The number of hydrogen-bond acceptors (Lipinski definition) is 7. The zero-order valence-electron chi connectivity index (χ0n) is 16.0. The van der Waals surface area contributed by atoms with Crippen LogP contribution in [-0.4, -0.2) is 62.5 Å². The van der Waals surface area contributed by atoms with Gasteiger partial charge in [-0.2, -0.15) is 4.31 Å². The van der Waals surface area contributed by atoms with Crippen LogP contribution in [-0.2, 0) is 14.8 Å². The van der Waals surface area contributed by atoms with E-state index in [2.05, 4.69) is 20.6 Å². The lowest BCUT2D eigenvalue weighted by atomic mass is 10.2. The summed E-state index contributed by atoms with van der Waals surface area (Å²) >= 11 is 0. The lowest BCUT2D eigenvalue weighted by molar-refractivity contribution is -0.116. The molecule has 1 aromatic carbocycles. The second kappa shape index (κ2) is 8.31. The molecule has 0 bridgehead atoms. The average molecular weight is 392 g/mol. The Hall–Kier alpha value is -2.72. The molecule has 0 aliphatic heterocycles. The summed E-state index contributed by atoms with van der Waals surface area (Å²) in [4.78, 5) is 22.5. The smallest absolute Gasteiger partial charge is 0.239 e. The maximum Gasteiger partial charge on any atom is 0.239 e. The molecule has 0 saturated heterocycles. The fourth-order valence-electron chi connectivity index (χ4n) is 2.15. The van der Waals surface area contributed by atoms with Gasteiger partial charge in [0, 0.05) is 38.6 Å². The van der Waals surface area contributed by atoms with Crippen molar-refractivity contribution < 1.29 is 13.2 Å². The Morgan fingerprint density at radius 1 is 1.07 bits per heavy atom. The Kier molecular flexibility index (Phi) is 6.34. The van der Waals surface area contributed by atoms with E-state index in [0.717, 1.165) is 22.1 Å². The molecule has 27 heavy (non-hydrogen) atoms. The van der Waals surface area contributed by atoms with Crippen molar-refractivity contribution in [3.05, 3.63) is 36.2 Å². The quantitative estimate of drug-likeness (QED) is 0.734. The van der Waals surface area contributed by atoms with Gasteiger partial charge in [-0.15, -0.1) is 0 Å². The van der Waals surface area contributed by atoms with Crippen LogP contribution in [0.1, 0.15) is 5.82 Å². The summed E-state index contributed by atoms with van der Waals surface area (Å²) in [6.45, 7) is 1.58.